The zero-order chi connectivity index (χ0) is 19.6. The van der Waals surface area contributed by atoms with Crippen molar-refractivity contribution in [2.45, 2.75) is 9.79 Å². The second kappa shape index (κ2) is 7.31. The Bertz CT molecular complexity index is 1170. The van der Waals surface area contributed by atoms with E-state index in [1.165, 1.54) is 37.4 Å². The number of aromatic hydroxyl groups is 1. The Balaban J connectivity index is 2.14. The van der Waals surface area contributed by atoms with Gasteiger partial charge in [-0.25, -0.2) is 8.42 Å². The molecule has 0 amide bonds. The second-order valence-electron chi connectivity index (χ2n) is 5.71. The van der Waals surface area contributed by atoms with Gasteiger partial charge in [0.2, 0.25) is 9.84 Å². The van der Waals surface area contributed by atoms with Crippen LogP contribution < -0.4 is 4.74 Å². The molecule has 0 heterocycles. The lowest BCUT2D eigenvalue weighted by molar-refractivity contribution is 0.372. The van der Waals surface area contributed by atoms with Crippen LogP contribution in [-0.2, 0) is 9.84 Å². The van der Waals surface area contributed by atoms with Crippen molar-refractivity contribution in [2.24, 2.45) is 0 Å². The van der Waals surface area contributed by atoms with Gasteiger partial charge in [0.1, 0.15) is 0 Å². The molecule has 5 nitrogen and oxygen atoms in total. The number of hydrogen-bond acceptors (Lipinski definition) is 5. The fraction of sp³-hybridized carbons (Fsp3) is 0.0500. The smallest absolute Gasteiger partial charge is 0.206 e. The fourth-order valence-corrected chi connectivity index (χ4v) is 4.26. The molecule has 136 valence electrons. The van der Waals surface area contributed by atoms with Crippen LogP contribution in [0.2, 0.25) is 5.02 Å². The third kappa shape index (κ3) is 3.75. The number of phenols is 1. The van der Waals surface area contributed by atoms with E-state index >= 15 is 0 Å². The van der Waals surface area contributed by atoms with E-state index in [-0.39, 0.29) is 26.3 Å². The summed E-state index contributed by atoms with van der Waals surface area (Å²) in [6.07, 6.45) is 0. The highest BCUT2D eigenvalue weighted by atomic mass is 35.5. The van der Waals surface area contributed by atoms with Crippen LogP contribution in [0.3, 0.4) is 0 Å². The van der Waals surface area contributed by atoms with E-state index in [0.717, 1.165) is 0 Å². The summed E-state index contributed by atoms with van der Waals surface area (Å²) in [6, 6.07) is 17.1. The van der Waals surface area contributed by atoms with Crippen LogP contribution in [0, 0.1) is 11.3 Å². The number of rotatable bonds is 4. The van der Waals surface area contributed by atoms with Gasteiger partial charge in [0.05, 0.1) is 28.5 Å². The van der Waals surface area contributed by atoms with Crippen molar-refractivity contribution in [1.82, 2.24) is 0 Å². The van der Waals surface area contributed by atoms with Crippen molar-refractivity contribution in [2.75, 3.05) is 7.11 Å². The largest absolute Gasteiger partial charge is 0.504 e. The van der Waals surface area contributed by atoms with Gasteiger partial charge >= 0.3 is 0 Å². The lowest BCUT2D eigenvalue weighted by Gasteiger charge is -2.10. The molecule has 1 N–H and O–H groups in total. The van der Waals surface area contributed by atoms with E-state index < -0.39 is 9.84 Å². The van der Waals surface area contributed by atoms with Crippen LogP contribution in [0.1, 0.15) is 5.56 Å². The molecule has 3 rings (SSSR count). The second-order valence-corrected chi connectivity index (χ2v) is 8.09. The van der Waals surface area contributed by atoms with Crippen molar-refractivity contribution in [3.8, 4) is 28.7 Å². The maximum Gasteiger partial charge on any atom is 0.206 e. The Morgan fingerprint density at radius 3 is 2.48 bits per heavy atom. The van der Waals surface area contributed by atoms with Gasteiger partial charge in [0.15, 0.2) is 11.5 Å². The van der Waals surface area contributed by atoms with E-state index in [2.05, 4.69) is 6.07 Å². The summed E-state index contributed by atoms with van der Waals surface area (Å²) in [5.41, 5.74) is 1.71. The number of ether oxygens (including phenoxy) is 1. The minimum atomic E-state index is -3.90. The summed E-state index contributed by atoms with van der Waals surface area (Å²) in [4.78, 5) is -0.0313. The molecule has 0 aliphatic rings. The molecule has 27 heavy (non-hydrogen) atoms. The van der Waals surface area contributed by atoms with Gasteiger partial charge in [-0.05, 0) is 53.6 Å². The minimum Gasteiger partial charge on any atom is -0.504 e. The highest BCUT2D eigenvalue weighted by molar-refractivity contribution is 7.91. The zero-order valence-corrected chi connectivity index (χ0v) is 15.8. The van der Waals surface area contributed by atoms with E-state index in [0.29, 0.717) is 16.7 Å². The van der Waals surface area contributed by atoms with Crippen molar-refractivity contribution < 1.29 is 18.3 Å². The normalized spacial score (nSPS) is 11.0. The SMILES string of the molecule is COc1cc(S(=O)(=O)c2cc(Cl)cc(-c3cccc(C#N)c3)c2)ccc1O. The molecule has 0 atom stereocenters. The van der Waals surface area contributed by atoms with Crippen LogP contribution >= 0.6 is 11.6 Å². The maximum atomic E-state index is 13.0. The summed E-state index contributed by atoms with van der Waals surface area (Å²) in [5, 5.41) is 19.0. The molecular formula is C20H14ClNO4S. The van der Waals surface area contributed by atoms with Crippen molar-refractivity contribution in [3.63, 3.8) is 0 Å². The summed E-state index contributed by atoms with van der Waals surface area (Å²) < 4.78 is 31.0. The molecule has 7 heteroatoms. The molecule has 0 aliphatic carbocycles. The van der Waals surface area contributed by atoms with Crippen LogP contribution in [0.4, 0.5) is 0 Å². The highest BCUT2D eigenvalue weighted by Gasteiger charge is 2.21. The predicted molar refractivity (Wildman–Crippen MR) is 102 cm³/mol. The fourth-order valence-electron chi connectivity index (χ4n) is 2.61. The molecule has 0 radical (unpaired) electrons. The number of hydrogen-bond donors (Lipinski definition) is 1. The molecular weight excluding hydrogens is 386 g/mol. The standard InChI is InChI=1S/C20H14ClNO4S/c1-26-20-11-17(5-6-19(20)23)27(24,25)18-9-15(8-16(21)10-18)14-4-2-3-13(7-14)12-22/h2-11,23H,1H3. The average Bonchev–Trinajstić information content (AvgIpc) is 2.67. The van der Waals surface area contributed by atoms with Crippen molar-refractivity contribution in [3.05, 3.63) is 71.2 Å². The predicted octanol–water partition coefficient (Wildman–Crippen LogP) is 4.43. The lowest BCUT2D eigenvalue weighted by Crippen LogP contribution is -2.03. The van der Waals surface area contributed by atoms with Gasteiger partial charge in [-0.2, -0.15) is 5.26 Å². The summed E-state index contributed by atoms with van der Waals surface area (Å²) in [6.45, 7) is 0. The summed E-state index contributed by atoms with van der Waals surface area (Å²) in [7, 11) is -2.56. The topological polar surface area (TPSA) is 87.4 Å². The van der Waals surface area contributed by atoms with E-state index in [1.807, 2.05) is 0 Å². The zero-order valence-electron chi connectivity index (χ0n) is 14.2. The molecule has 0 bridgehead atoms. The molecule has 0 spiro atoms. The molecule has 3 aromatic carbocycles. The number of halogens is 1. The number of methoxy groups -OCH3 is 1. The molecule has 3 aromatic rings. The third-order valence-electron chi connectivity index (χ3n) is 3.97. The van der Waals surface area contributed by atoms with Crippen molar-refractivity contribution in [1.29, 1.82) is 5.26 Å². The van der Waals surface area contributed by atoms with E-state index in [1.54, 1.807) is 30.3 Å². The van der Waals surface area contributed by atoms with Gasteiger partial charge in [-0.1, -0.05) is 23.7 Å². The number of phenolic OH excluding ortho intramolecular Hbond substituents is 1. The minimum absolute atomic E-state index is 0.0000959. The van der Waals surface area contributed by atoms with Gasteiger partial charge < -0.3 is 9.84 Å². The Morgan fingerprint density at radius 2 is 1.78 bits per heavy atom. The van der Waals surface area contributed by atoms with Crippen LogP contribution in [-0.4, -0.2) is 20.6 Å². The Hall–Kier alpha value is -3.01. The van der Waals surface area contributed by atoms with Gasteiger partial charge in [0, 0.05) is 11.1 Å². The number of nitrogens with zero attached hydrogens (tertiary/aromatic N) is 1. The first kappa shape index (κ1) is 18.8. The lowest BCUT2D eigenvalue weighted by atomic mass is 10.0. The number of nitriles is 1. The Morgan fingerprint density at radius 1 is 1.00 bits per heavy atom. The first-order valence-electron chi connectivity index (χ1n) is 7.78. The summed E-state index contributed by atoms with van der Waals surface area (Å²) in [5.74, 6) is -0.100. The summed E-state index contributed by atoms with van der Waals surface area (Å²) >= 11 is 6.16. The molecule has 0 aromatic heterocycles. The Kier molecular flexibility index (Phi) is 5.08. The number of benzene rings is 3. The monoisotopic (exact) mass is 399 g/mol. The van der Waals surface area contributed by atoms with Gasteiger partial charge in [0.25, 0.3) is 0 Å². The third-order valence-corrected chi connectivity index (χ3v) is 5.92. The highest BCUT2D eigenvalue weighted by Crippen LogP contribution is 2.34. The van der Waals surface area contributed by atoms with Gasteiger partial charge in [-0.3, -0.25) is 0 Å². The molecule has 0 saturated heterocycles. The first-order valence-corrected chi connectivity index (χ1v) is 9.64. The van der Waals surface area contributed by atoms with Crippen molar-refractivity contribution >= 4 is 21.4 Å². The van der Waals surface area contributed by atoms with Gasteiger partial charge in [-0.15, -0.1) is 0 Å². The molecule has 0 unspecified atom stereocenters. The van der Waals surface area contributed by atoms with Crippen LogP contribution in [0.5, 0.6) is 11.5 Å². The molecule has 0 saturated carbocycles. The van der Waals surface area contributed by atoms with E-state index in [4.69, 9.17) is 21.6 Å². The maximum absolute atomic E-state index is 13.0. The molecule has 0 fully saturated rings. The first-order chi connectivity index (χ1) is 12.8. The Labute approximate surface area is 162 Å². The number of sulfone groups is 1. The van der Waals surface area contributed by atoms with Crippen LogP contribution in [0.15, 0.2) is 70.5 Å². The average molecular weight is 400 g/mol. The van der Waals surface area contributed by atoms with Crippen LogP contribution in [0.25, 0.3) is 11.1 Å². The molecule has 0 aliphatic heterocycles. The quantitative estimate of drug-likeness (QED) is 0.701. The van der Waals surface area contributed by atoms with E-state index in [9.17, 15) is 13.5 Å².